The molecule has 0 aliphatic carbocycles. The topological polar surface area (TPSA) is 17.1 Å². The van der Waals surface area contributed by atoms with E-state index in [1.54, 1.807) is 0 Å². The lowest BCUT2D eigenvalue weighted by Gasteiger charge is -2.13. The van der Waals surface area contributed by atoms with Crippen molar-refractivity contribution in [2.24, 2.45) is 0 Å². The summed E-state index contributed by atoms with van der Waals surface area (Å²) >= 11 is 86.7. The summed E-state index contributed by atoms with van der Waals surface area (Å²) in [6.45, 7) is 0. The number of benzene rings is 2. The summed E-state index contributed by atoms with van der Waals surface area (Å²) in [5.74, 6) is 0. The maximum absolute atomic E-state index is 12.7. The highest BCUT2D eigenvalue weighted by molar-refractivity contribution is 8.14. The van der Waals surface area contributed by atoms with Gasteiger partial charge in [-0.2, -0.15) is 0 Å². The fourth-order valence-electron chi connectivity index (χ4n) is 1.89. The predicted molar refractivity (Wildman–Crippen MR) is 157 cm³/mol. The van der Waals surface area contributed by atoms with E-state index in [4.69, 9.17) is 162 Å². The van der Waals surface area contributed by atoms with Gasteiger partial charge >= 0.3 is 0 Å². The van der Waals surface area contributed by atoms with Crippen molar-refractivity contribution >= 4 is 191 Å². The van der Waals surface area contributed by atoms with Gasteiger partial charge in [0, 0.05) is 0 Å². The first-order chi connectivity index (χ1) is 15.6. The molecule has 0 aliphatic heterocycles. The zero-order chi connectivity index (χ0) is 26.2. The molecule has 0 saturated heterocycles. The van der Waals surface area contributed by atoms with Crippen molar-refractivity contribution in [3.63, 3.8) is 0 Å². The molecule has 0 unspecified atom stereocenters. The molecule has 0 bridgehead atoms. The smallest absolute Gasteiger partial charge is 0.237 e. The Balaban J connectivity index is 2.45. The van der Waals surface area contributed by atoms with E-state index in [2.05, 4.69) is 0 Å². The van der Waals surface area contributed by atoms with Crippen LogP contribution >= 0.6 is 186 Å². The van der Waals surface area contributed by atoms with E-state index in [-0.39, 0.29) is 69.4 Å². The van der Waals surface area contributed by atoms with E-state index >= 15 is 0 Å². The van der Waals surface area contributed by atoms with Gasteiger partial charge in [-0.1, -0.05) is 174 Å². The molecular weight excluding hydrogens is 781 g/mol. The molecule has 0 radical (unpaired) electrons. The lowest BCUT2D eigenvalue weighted by atomic mass is 10.3. The molecule has 1 nitrogen and oxygen atoms in total. The Morgan fingerprint density at radius 1 is 0.412 bits per heavy atom. The van der Waals surface area contributed by atoms with Crippen LogP contribution in [0.5, 0.6) is 0 Å². The van der Waals surface area contributed by atoms with Crippen LogP contribution in [-0.2, 0) is 4.79 Å². The minimum atomic E-state index is -0.814. The van der Waals surface area contributed by atoms with Crippen molar-refractivity contribution in [2.45, 2.75) is 9.79 Å². The highest BCUT2D eigenvalue weighted by Gasteiger charge is 2.26. The molecular formula is C17Cl14OS2. The first kappa shape index (κ1) is 32.6. The maximum Gasteiger partial charge on any atom is 0.237 e. The molecule has 0 spiro atoms. The molecule has 0 aliphatic rings. The molecule has 0 N–H and O–H groups in total. The van der Waals surface area contributed by atoms with Crippen molar-refractivity contribution in [1.29, 1.82) is 0 Å². The lowest BCUT2D eigenvalue weighted by Crippen LogP contribution is -1.96. The Morgan fingerprint density at radius 2 is 0.706 bits per heavy atom. The fourth-order valence-corrected chi connectivity index (χ4v) is 7.51. The molecule has 2 rings (SSSR count). The third-order valence-electron chi connectivity index (χ3n) is 3.46. The summed E-state index contributed by atoms with van der Waals surface area (Å²) in [6, 6.07) is 0. The average molecular weight is 781 g/mol. The van der Waals surface area contributed by atoms with E-state index in [1.807, 2.05) is 0 Å². The van der Waals surface area contributed by atoms with E-state index in [9.17, 15) is 4.79 Å². The molecule has 34 heavy (non-hydrogen) atoms. The van der Waals surface area contributed by atoms with Gasteiger partial charge in [-0.05, 0) is 11.8 Å². The Bertz CT molecular complexity index is 1210. The van der Waals surface area contributed by atoms with Crippen LogP contribution in [0.4, 0.5) is 0 Å². The first-order valence-electron chi connectivity index (χ1n) is 7.67. The maximum atomic E-state index is 12.7. The van der Waals surface area contributed by atoms with Gasteiger partial charge in [-0.15, -0.1) is 0 Å². The van der Waals surface area contributed by atoms with E-state index in [0.29, 0.717) is 11.8 Å². The Hall–Kier alpha value is 2.35. The van der Waals surface area contributed by atoms with E-state index < -0.39 is 15.2 Å². The minimum absolute atomic E-state index is 0.0000596. The SMILES string of the molecule is O=C(Sc1c(Cl)c(Cl)c(Cl)c(Cl)c1Cl)/C(Cl)=C(Cl)\C(Cl)=C(\Cl)Sc1c(Cl)c(Cl)c(Cl)c(Cl)c1Cl. The van der Waals surface area contributed by atoms with Crippen LogP contribution in [0, 0.1) is 0 Å². The third kappa shape index (κ3) is 6.91. The first-order valence-corrected chi connectivity index (χ1v) is 14.6. The second kappa shape index (κ2) is 13.6. The zero-order valence-electron chi connectivity index (χ0n) is 15.0. The summed E-state index contributed by atoms with van der Waals surface area (Å²) in [7, 11) is 0. The van der Waals surface area contributed by atoms with Crippen molar-refractivity contribution in [3.8, 4) is 0 Å². The summed E-state index contributed by atoms with van der Waals surface area (Å²) < 4.78 is -0.172. The van der Waals surface area contributed by atoms with Crippen LogP contribution in [0.3, 0.4) is 0 Å². The highest BCUT2D eigenvalue weighted by Crippen LogP contribution is 2.52. The molecule has 0 amide bonds. The van der Waals surface area contributed by atoms with Crippen molar-refractivity contribution < 1.29 is 4.79 Å². The van der Waals surface area contributed by atoms with Gasteiger partial charge in [0.2, 0.25) is 5.12 Å². The van der Waals surface area contributed by atoms with Gasteiger partial charge in [-0.25, -0.2) is 0 Å². The number of hydrogen-bond acceptors (Lipinski definition) is 3. The van der Waals surface area contributed by atoms with Crippen LogP contribution in [0.1, 0.15) is 0 Å². The molecule has 0 heterocycles. The molecule has 2 aromatic carbocycles. The van der Waals surface area contributed by atoms with Crippen LogP contribution in [0.2, 0.25) is 50.2 Å². The Kier molecular flexibility index (Phi) is 13.0. The van der Waals surface area contributed by atoms with E-state index in [1.165, 1.54) is 0 Å². The largest absolute Gasteiger partial charge is 0.280 e. The second-order valence-electron chi connectivity index (χ2n) is 5.51. The molecule has 17 heteroatoms. The number of carbonyl (C=O) groups excluding carboxylic acids is 1. The van der Waals surface area contributed by atoms with Crippen molar-refractivity contribution in [3.05, 3.63) is 69.7 Å². The summed E-state index contributed by atoms with van der Waals surface area (Å²) in [4.78, 5) is 12.9. The van der Waals surface area contributed by atoms with Crippen LogP contribution in [0.25, 0.3) is 0 Å². The lowest BCUT2D eigenvalue weighted by molar-refractivity contribution is -0.107. The zero-order valence-corrected chi connectivity index (χ0v) is 27.2. The quantitative estimate of drug-likeness (QED) is 0.0989. The van der Waals surface area contributed by atoms with Crippen LogP contribution < -0.4 is 0 Å². The monoisotopic (exact) mass is 774 g/mol. The number of hydrogen-bond donors (Lipinski definition) is 0. The molecule has 0 aromatic heterocycles. The minimum Gasteiger partial charge on any atom is -0.280 e. The average Bonchev–Trinajstić information content (AvgIpc) is 2.82. The summed E-state index contributed by atoms with van der Waals surface area (Å²) in [5, 5.41) is -2.80. The second-order valence-corrected chi connectivity index (χ2v) is 13.0. The molecule has 0 atom stereocenters. The molecule has 0 fully saturated rings. The summed E-state index contributed by atoms with van der Waals surface area (Å²) in [6.07, 6.45) is 0. The number of allylic oxidation sites excluding steroid dienone is 2. The number of thioether (sulfide) groups is 2. The highest BCUT2D eigenvalue weighted by atomic mass is 35.5. The van der Waals surface area contributed by atoms with Gasteiger partial charge in [0.05, 0.1) is 74.4 Å². The number of rotatable bonds is 5. The number of halogens is 14. The van der Waals surface area contributed by atoms with Gasteiger partial charge in [-0.3, -0.25) is 4.79 Å². The Morgan fingerprint density at radius 3 is 1.06 bits per heavy atom. The predicted octanol–water partition coefficient (Wildman–Crippen LogP) is 14.0. The molecule has 184 valence electrons. The standard InChI is InChI=1S/C17Cl14OS2/c18-1-3(20)8(25)14(9(26)4(1)21)33-16(31)12(29)7(24)13(30)17(32)34-15-10(27)5(22)2(19)6(23)11(15)28/b13-7-,16-12+. The van der Waals surface area contributed by atoms with Gasteiger partial charge < -0.3 is 0 Å². The van der Waals surface area contributed by atoms with Crippen molar-refractivity contribution in [2.75, 3.05) is 0 Å². The number of carbonyl (C=O) groups is 1. The fraction of sp³-hybridized carbons (Fsp3) is 0. The van der Waals surface area contributed by atoms with Crippen LogP contribution in [-0.4, -0.2) is 5.12 Å². The third-order valence-corrected chi connectivity index (χ3v) is 12.5. The normalized spacial score (nSPS) is 13.1. The van der Waals surface area contributed by atoms with Gasteiger partial charge in [0.1, 0.15) is 5.03 Å². The Labute approximate surface area is 272 Å². The van der Waals surface area contributed by atoms with Crippen LogP contribution in [0.15, 0.2) is 29.3 Å². The van der Waals surface area contributed by atoms with Crippen molar-refractivity contribution in [1.82, 2.24) is 0 Å². The summed E-state index contributed by atoms with van der Waals surface area (Å²) in [5.41, 5.74) is 0. The van der Waals surface area contributed by atoms with Gasteiger partial charge in [0.25, 0.3) is 0 Å². The van der Waals surface area contributed by atoms with Gasteiger partial charge in [0.15, 0.2) is 0 Å². The molecule has 2 aromatic rings. The molecule has 0 saturated carbocycles. The van der Waals surface area contributed by atoms with E-state index in [0.717, 1.165) is 11.8 Å².